The van der Waals surface area contributed by atoms with E-state index in [-0.39, 0.29) is 5.41 Å². The number of benzene rings is 3. The predicted molar refractivity (Wildman–Crippen MR) is 164 cm³/mol. The Bertz CT molecular complexity index is 993. The molecule has 0 fully saturated rings. The summed E-state index contributed by atoms with van der Waals surface area (Å²) in [4.78, 5) is 0. The van der Waals surface area contributed by atoms with E-state index in [4.69, 9.17) is 0 Å². The second kappa shape index (κ2) is 14.0. The van der Waals surface area contributed by atoms with Crippen LogP contribution in [0.1, 0.15) is 129 Å². The molecule has 0 radical (unpaired) electrons. The minimum atomic E-state index is -0.126. The molecule has 0 unspecified atom stereocenters. The van der Waals surface area contributed by atoms with Crippen molar-refractivity contribution in [3.05, 3.63) is 105 Å². The Labute approximate surface area is 228 Å². The van der Waals surface area contributed by atoms with E-state index < -0.39 is 0 Å². The van der Waals surface area contributed by atoms with Crippen molar-refractivity contribution in [3.63, 3.8) is 0 Å². The van der Waals surface area contributed by atoms with Crippen LogP contribution in [-0.4, -0.2) is 0 Å². The Morgan fingerprint density at radius 2 is 0.784 bits per heavy atom. The van der Waals surface area contributed by atoms with Gasteiger partial charge in [-0.25, -0.2) is 0 Å². The number of hydrogen-bond acceptors (Lipinski definition) is 0. The fourth-order valence-electron chi connectivity index (χ4n) is 6.35. The van der Waals surface area contributed by atoms with Crippen molar-refractivity contribution in [2.24, 2.45) is 0 Å². The van der Waals surface area contributed by atoms with E-state index in [1.165, 1.54) is 55.2 Å². The first kappa shape index (κ1) is 29.2. The van der Waals surface area contributed by atoms with Gasteiger partial charge in [-0.1, -0.05) is 125 Å². The second-order valence-corrected chi connectivity index (χ2v) is 11.4. The molecular formula is C37H52. The van der Waals surface area contributed by atoms with E-state index >= 15 is 0 Å². The third-order valence-electron chi connectivity index (χ3n) is 8.19. The fraction of sp³-hybridized carbons (Fsp3) is 0.514. The summed E-state index contributed by atoms with van der Waals surface area (Å²) < 4.78 is 0. The highest BCUT2D eigenvalue weighted by Crippen LogP contribution is 2.48. The maximum atomic E-state index is 2.50. The van der Waals surface area contributed by atoms with Crippen LogP contribution in [0.2, 0.25) is 0 Å². The van der Waals surface area contributed by atoms with Crippen LogP contribution >= 0.6 is 0 Å². The molecule has 0 amide bonds. The molecule has 0 N–H and O–H groups in total. The van der Waals surface area contributed by atoms with E-state index in [0.717, 1.165) is 32.1 Å². The van der Waals surface area contributed by atoms with Crippen LogP contribution in [0.25, 0.3) is 0 Å². The van der Waals surface area contributed by atoms with Crippen molar-refractivity contribution in [3.8, 4) is 0 Å². The van der Waals surface area contributed by atoms with E-state index in [9.17, 15) is 0 Å². The monoisotopic (exact) mass is 496 g/mol. The summed E-state index contributed by atoms with van der Waals surface area (Å²) in [5.41, 5.74) is 13.3. The van der Waals surface area contributed by atoms with Gasteiger partial charge in [0.15, 0.2) is 0 Å². The summed E-state index contributed by atoms with van der Waals surface area (Å²) in [6, 6.07) is 22.1. The standard InChI is InChI=1S/C37H52/c1-8-12-15-31-25-28(5)18-21-34(31)37(24-11-4,35-22-19-29(6)26-32(35)16-13-9-2)36-23-20-30(7)27-33(36)17-14-10-3/h18-23,25-27H,8-17,24H2,1-7H3. The quantitative estimate of drug-likeness (QED) is 0.195. The SMILES string of the molecule is CCCCc1cc(C)ccc1C(CCC)(c1ccc(C)cc1CCCC)c1ccc(C)cc1CCCC. The van der Waals surface area contributed by atoms with Gasteiger partial charge in [0, 0.05) is 5.41 Å². The van der Waals surface area contributed by atoms with Crippen molar-refractivity contribution >= 4 is 0 Å². The van der Waals surface area contributed by atoms with Gasteiger partial charge in [0.2, 0.25) is 0 Å². The second-order valence-electron chi connectivity index (χ2n) is 11.4. The molecule has 0 nitrogen and oxygen atoms in total. The van der Waals surface area contributed by atoms with Gasteiger partial charge in [0.25, 0.3) is 0 Å². The molecule has 0 saturated heterocycles. The van der Waals surface area contributed by atoms with Gasteiger partial charge in [-0.05, 0) is 99.1 Å². The van der Waals surface area contributed by atoms with Gasteiger partial charge in [0.05, 0.1) is 0 Å². The Morgan fingerprint density at radius 3 is 1.05 bits per heavy atom. The molecule has 0 heterocycles. The van der Waals surface area contributed by atoms with Gasteiger partial charge >= 0.3 is 0 Å². The lowest BCUT2D eigenvalue weighted by atomic mass is 9.62. The average molecular weight is 497 g/mol. The van der Waals surface area contributed by atoms with E-state index in [1.54, 1.807) is 33.4 Å². The summed E-state index contributed by atoms with van der Waals surface area (Å²) >= 11 is 0. The fourth-order valence-corrected chi connectivity index (χ4v) is 6.35. The molecule has 0 spiro atoms. The Hall–Kier alpha value is -2.34. The molecule has 0 bridgehead atoms. The number of rotatable bonds is 14. The molecule has 3 aromatic rings. The molecule has 0 aliphatic carbocycles. The van der Waals surface area contributed by atoms with Gasteiger partial charge in [-0.3, -0.25) is 0 Å². The highest BCUT2D eigenvalue weighted by atomic mass is 14.4. The minimum absolute atomic E-state index is 0.126. The van der Waals surface area contributed by atoms with Crippen LogP contribution in [0, 0.1) is 20.8 Å². The Kier molecular flexibility index (Phi) is 11.0. The van der Waals surface area contributed by atoms with Crippen LogP contribution in [-0.2, 0) is 24.7 Å². The van der Waals surface area contributed by atoms with Crippen molar-refractivity contribution in [2.75, 3.05) is 0 Å². The molecular weight excluding hydrogens is 444 g/mol. The van der Waals surface area contributed by atoms with Crippen LogP contribution in [0.3, 0.4) is 0 Å². The normalized spacial score (nSPS) is 11.8. The third-order valence-corrected chi connectivity index (χ3v) is 8.19. The lowest BCUT2D eigenvalue weighted by Crippen LogP contribution is -2.33. The molecule has 3 aromatic carbocycles. The highest BCUT2D eigenvalue weighted by molar-refractivity contribution is 5.59. The smallest absolute Gasteiger partial charge is 0.0459 e. The van der Waals surface area contributed by atoms with Gasteiger partial charge in [-0.15, -0.1) is 0 Å². The molecule has 200 valence electrons. The van der Waals surface area contributed by atoms with Crippen molar-refractivity contribution in [1.82, 2.24) is 0 Å². The van der Waals surface area contributed by atoms with Crippen molar-refractivity contribution < 1.29 is 0 Å². The molecule has 0 heteroatoms. The van der Waals surface area contributed by atoms with Crippen molar-refractivity contribution in [1.29, 1.82) is 0 Å². The highest BCUT2D eigenvalue weighted by Gasteiger charge is 2.40. The molecule has 3 rings (SSSR count). The van der Waals surface area contributed by atoms with Crippen LogP contribution < -0.4 is 0 Å². The predicted octanol–water partition coefficient (Wildman–Crippen LogP) is 10.8. The zero-order valence-corrected chi connectivity index (χ0v) is 25.0. The lowest BCUT2D eigenvalue weighted by Gasteiger charge is -2.41. The first-order valence-electron chi connectivity index (χ1n) is 15.2. The molecule has 0 atom stereocenters. The molecule has 37 heavy (non-hydrogen) atoms. The van der Waals surface area contributed by atoms with Gasteiger partial charge in [0.1, 0.15) is 0 Å². The molecule has 0 saturated carbocycles. The van der Waals surface area contributed by atoms with Crippen LogP contribution in [0.15, 0.2) is 54.6 Å². The summed E-state index contributed by atoms with van der Waals surface area (Å²) in [6.45, 7) is 16.1. The lowest BCUT2D eigenvalue weighted by molar-refractivity contribution is 0.530. The first-order chi connectivity index (χ1) is 17.9. The van der Waals surface area contributed by atoms with Gasteiger partial charge < -0.3 is 0 Å². The number of aryl methyl sites for hydroxylation is 6. The van der Waals surface area contributed by atoms with E-state index in [0.29, 0.717) is 0 Å². The zero-order chi connectivity index (χ0) is 26.8. The van der Waals surface area contributed by atoms with Gasteiger partial charge in [-0.2, -0.15) is 0 Å². The van der Waals surface area contributed by atoms with Crippen LogP contribution in [0.4, 0.5) is 0 Å². The summed E-state index contributed by atoms with van der Waals surface area (Å²) in [6.07, 6.45) is 13.2. The summed E-state index contributed by atoms with van der Waals surface area (Å²) in [5.74, 6) is 0. The first-order valence-corrected chi connectivity index (χ1v) is 15.2. The molecule has 0 aliphatic rings. The Morgan fingerprint density at radius 1 is 0.459 bits per heavy atom. The average Bonchev–Trinajstić information content (AvgIpc) is 2.89. The number of unbranched alkanes of at least 4 members (excludes halogenated alkanes) is 3. The topological polar surface area (TPSA) is 0 Å². The largest absolute Gasteiger partial charge is 0.0654 e. The zero-order valence-electron chi connectivity index (χ0n) is 25.0. The third kappa shape index (κ3) is 6.76. The number of hydrogen-bond donors (Lipinski definition) is 0. The Balaban J connectivity index is 2.47. The van der Waals surface area contributed by atoms with E-state index in [2.05, 4.69) is 103 Å². The maximum Gasteiger partial charge on any atom is 0.0459 e. The minimum Gasteiger partial charge on any atom is -0.0654 e. The van der Waals surface area contributed by atoms with E-state index in [1.807, 2.05) is 0 Å². The van der Waals surface area contributed by atoms with Crippen LogP contribution in [0.5, 0.6) is 0 Å². The molecule has 0 aliphatic heterocycles. The summed E-state index contributed by atoms with van der Waals surface area (Å²) in [7, 11) is 0. The maximum absolute atomic E-state index is 2.50. The summed E-state index contributed by atoms with van der Waals surface area (Å²) in [5, 5.41) is 0. The van der Waals surface area contributed by atoms with Crippen molar-refractivity contribution in [2.45, 2.75) is 125 Å². The molecule has 0 aromatic heterocycles.